The summed E-state index contributed by atoms with van der Waals surface area (Å²) in [5.41, 5.74) is -0.761. The molecule has 0 saturated carbocycles. The minimum Gasteiger partial charge on any atom is -0.466 e. The van der Waals surface area contributed by atoms with Crippen molar-refractivity contribution in [1.29, 1.82) is 0 Å². The monoisotopic (exact) mass is 701 g/mol. The molecule has 0 unspecified atom stereocenters. The molecule has 6 heteroatoms. The Kier molecular flexibility index (Phi) is 34.8. The maximum absolute atomic E-state index is 13.3. The SMILES string of the molecule is CCCCCCCCCCCCCCCCCCC(CCCCCCCCCCCCCCCCCC)(CCP(=O)(O)O)C(=O)OCC. The second-order valence-corrected chi connectivity index (χ2v) is 17.0. The van der Waals surface area contributed by atoms with E-state index in [4.69, 9.17) is 4.74 Å². The molecule has 0 atom stereocenters. The standard InChI is InChI=1S/C42H85O5P/c1-4-7-9-11-13-15-17-19-21-23-25-27-29-31-33-35-37-42(41(43)47-6-3,39-40-48(44,45)46)38-36-34-32-30-28-26-24-22-20-18-16-14-12-10-8-5-2/h4-40H2,1-3H3,(H2,44,45,46). The molecule has 0 spiro atoms. The lowest BCUT2D eigenvalue weighted by Crippen LogP contribution is -2.34. The number of ether oxygens (including phenoxy) is 1. The summed E-state index contributed by atoms with van der Waals surface area (Å²) in [5, 5.41) is 0. The Labute approximate surface area is 300 Å². The molecular formula is C42H85O5P. The van der Waals surface area contributed by atoms with Crippen LogP contribution in [0.3, 0.4) is 0 Å². The largest absolute Gasteiger partial charge is 0.466 e. The molecule has 5 nitrogen and oxygen atoms in total. The summed E-state index contributed by atoms with van der Waals surface area (Å²) in [7, 11) is -4.18. The number of rotatable bonds is 39. The van der Waals surface area contributed by atoms with E-state index in [-0.39, 0.29) is 18.6 Å². The fourth-order valence-corrected chi connectivity index (χ4v) is 8.07. The van der Waals surface area contributed by atoms with Gasteiger partial charge in [0.1, 0.15) is 0 Å². The van der Waals surface area contributed by atoms with Crippen molar-refractivity contribution in [2.24, 2.45) is 5.41 Å². The lowest BCUT2D eigenvalue weighted by molar-refractivity contribution is -0.157. The Morgan fingerprint density at radius 3 is 0.917 bits per heavy atom. The summed E-state index contributed by atoms with van der Waals surface area (Å²) in [6.45, 7) is 6.70. The number of unbranched alkanes of at least 4 members (excludes halogenated alkanes) is 30. The zero-order valence-electron chi connectivity index (χ0n) is 32.7. The minimum atomic E-state index is -4.18. The zero-order chi connectivity index (χ0) is 35.4. The van der Waals surface area contributed by atoms with Gasteiger partial charge in [-0.2, -0.15) is 0 Å². The van der Waals surface area contributed by atoms with Crippen LogP contribution >= 0.6 is 7.60 Å². The van der Waals surface area contributed by atoms with Gasteiger partial charge in [-0.05, 0) is 26.2 Å². The second kappa shape index (κ2) is 35.0. The summed E-state index contributed by atoms with van der Waals surface area (Å²) < 4.78 is 17.4. The van der Waals surface area contributed by atoms with Crippen molar-refractivity contribution in [2.75, 3.05) is 12.8 Å². The summed E-state index contributed by atoms with van der Waals surface area (Å²) in [5.74, 6) is -0.236. The van der Waals surface area contributed by atoms with Gasteiger partial charge in [-0.25, -0.2) is 0 Å². The predicted octanol–water partition coefficient (Wildman–Crippen LogP) is 14.4. The highest BCUT2D eigenvalue weighted by Gasteiger charge is 2.40. The maximum Gasteiger partial charge on any atom is 0.325 e. The third kappa shape index (κ3) is 31.6. The van der Waals surface area contributed by atoms with Gasteiger partial charge in [0.05, 0.1) is 18.2 Å². The Balaban J connectivity index is 4.28. The van der Waals surface area contributed by atoms with E-state index in [2.05, 4.69) is 13.8 Å². The molecule has 0 aliphatic heterocycles. The van der Waals surface area contributed by atoms with Crippen LogP contribution in [0, 0.1) is 5.41 Å². The van der Waals surface area contributed by atoms with Gasteiger partial charge in [0, 0.05) is 0 Å². The van der Waals surface area contributed by atoms with Gasteiger partial charge in [-0.15, -0.1) is 0 Å². The smallest absolute Gasteiger partial charge is 0.325 e. The van der Waals surface area contributed by atoms with Crippen LogP contribution < -0.4 is 0 Å². The van der Waals surface area contributed by atoms with Crippen LogP contribution in [-0.4, -0.2) is 28.5 Å². The average molecular weight is 701 g/mol. The number of esters is 1. The van der Waals surface area contributed by atoms with Crippen LogP contribution in [0.1, 0.15) is 245 Å². The van der Waals surface area contributed by atoms with Gasteiger partial charge in [0.25, 0.3) is 0 Å². The highest BCUT2D eigenvalue weighted by Crippen LogP contribution is 2.44. The van der Waals surface area contributed by atoms with Crippen LogP contribution in [0.4, 0.5) is 0 Å². The molecule has 288 valence electrons. The van der Waals surface area contributed by atoms with E-state index < -0.39 is 13.0 Å². The minimum absolute atomic E-state index is 0.230. The summed E-state index contributed by atoms with van der Waals surface area (Å²) in [6, 6.07) is 0. The Morgan fingerprint density at radius 2 is 0.688 bits per heavy atom. The van der Waals surface area contributed by atoms with E-state index in [9.17, 15) is 19.1 Å². The highest BCUT2D eigenvalue weighted by atomic mass is 31.2. The van der Waals surface area contributed by atoms with Crippen molar-refractivity contribution in [3.05, 3.63) is 0 Å². The van der Waals surface area contributed by atoms with Crippen molar-refractivity contribution in [2.45, 2.75) is 245 Å². The third-order valence-electron chi connectivity index (χ3n) is 10.6. The summed E-state index contributed by atoms with van der Waals surface area (Å²) >= 11 is 0. The summed E-state index contributed by atoms with van der Waals surface area (Å²) in [4.78, 5) is 32.6. The first-order valence-corrected chi connectivity index (χ1v) is 23.3. The Morgan fingerprint density at radius 1 is 0.438 bits per heavy atom. The predicted molar refractivity (Wildman–Crippen MR) is 209 cm³/mol. The normalized spacial score (nSPS) is 12.2. The summed E-state index contributed by atoms with van der Waals surface area (Å²) in [6.07, 6.45) is 43.2. The van der Waals surface area contributed by atoms with Gasteiger partial charge in [0.15, 0.2) is 0 Å². The van der Waals surface area contributed by atoms with Crippen molar-refractivity contribution in [1.82, 2.24) is 0 Å². The third-order valence-corrected chi connectivity index (χ3v) is 11.4. The van der Waals surface area contributed by atoms with E-state index in [1.54, 1.807) is 0 Å². The van der Waals surface area contributed by atoms with E-state index >= 15 is 0 Å². The lowest BCUT2D eigenvalue weighted by atomic mass is 9.75. The highest BCUT2D eigenvalue weighted by molar-refractivity contribution is 7.51. The maximum atomic E-state index is 13.3. The quantitative estimate of drug-likeness (QED) is 0.0379. The molecule has 0 aromatic rings. The zero-order valence-corrected chi connectivity index (χ0v) is 33.6. The fraction of sp³-hybridized carbons (Fsp3) is 0.976. The first-order chi connectivity index (χ1) is 23.3. The van der Waals surface area contributed by atoms with Gasteiger partial charge >= 0.3 is 13.6 Å². The number of carbonyl (C=O) groups excluding carboxylic acids is 1. The molecule has 0 heterocycles. The van der Waals surface area contributed by atoms with Crippen molar-refractivity contribution in [3.8, 4) is 0 Å². The van der Waals surface area contributed by atoms with E-state index in [0.29, 0.717) is 19.4 Å². The molecule has 0 aliphatic carbocycles. The molecule has 0 fully saturated rings. The van der Waals surface area contributed by atoms with Crippen molar-refractivity contribution < 1.29 is 23.9 Å². The van der Waals surface area contributed by atoms with Gasteiger partial charge in [-0.3, -0.25) is 9.36 Å². The molecule has 0 aromatic heterocycles. The first-order valence-electron chi connectivity index (χ1n) is 21.5. The van der Waals surface area contributed by atoms with Gasteiger partial charge < -0.3 is 14.5 Å². The van der Waals surface area contributed by atoms with Crippen LogP contribution in [0.5, 0.6) is 0 Å². The molecule has 0 aliphatic rings. The van der Waals surface area contributed by atoms with E-state index in [0.717, 1.165) is 25.7 Å². The number of hydrogen-bond donors (Lipinski definition) is 2. The topological polar surface area (TPSA) is 83.8 Å². The van der Waals surface area contributed by atoms with Crippen molar-refractivity contribution in [3.63, 3.8) is 0 Å². The number of hydrogen-bond acceptors (Lipinski definition) is 3. The molecule has 48 heavy (non-hydrogen) atoms. The van der Waals surface area contributed by atoms with Crippen LogP contribution in [0.2, 0.25) is 0 Å². The molecular weight excluding hydrogens is 615 g/mol. The lowest BCUT2D eigenvalue weighted by Gasteiger charge is -2.32. The number of carbonyl (C=O) groups is 1. The average Bonchev–Trinajstić information content (AvgIpc) is 3.06. The van der Waals surface area contributed by atoms with E-state index in [1.807, 2.05) is 6.92 Å². The van der Waals surface area contributed by atoms with E-state index in [1.165, 1.54) is 180 Å². The molecule has 0 amide bonds. The molecule has 0 rings (SSSR count). The van der Waals surface area contributed by atoms with Crippen LogP contribution in [0.25, 0.3) is 0 Å². The van der Waals surface area contributed by atoms with Crippen molar-refractivity contribution >= 4 is 13.6 Å². The first kappa shape index (κ1) is 47.6. The molecule has 0 aromatic carbocycles. The molecule has 0 saturated heterocycles. The van der Waals surface area contributed by atoms with Gasteiger partial charge in [-0.1, -0.05) is 219 Å². The molecule has 2 N–H and O–H groups in total. The Hall–Kier alpha value is -0.380. The van der Waals surface area contributed by atoms with Crippen LogP contribution in [0.15, 0.2) is 0 Å². The molecule has 0 bridgehead atoms. The fourth-order valence-electron chi connectivity index (χ4n) is 7.35. The van der Waals surface area contributed by atoms with Gasteiger partial charge in [0.2, 0.25) is 0 Å². The second-order valence-electron chi connectivity index (χ2n) is 15.2. The Bertz CT molecular complexity index is 685. The molecule has 0 radical (unpaired) electrons. The van der Waals surface area contributed by atoms with Crippen LogP contribution in [-0.2, 0) is 14.1 Å².